The van der Waals surface area contributed by atoms with E-state index in [2.05, 4.69) is 25.9 Å². The van der Waals surface area contributed by atoms with Gasteiger partial charge in [-0.3, -0.25) is 9.48 Å². The third kappa shape index (κ3) is 3.87. The van der Waals surface area contributed by atoms with E-state index in [1.54, 1.807) is 11.8 Å². The number of fused-ring (bicyclic) bond motifs is 1. The topological polar surface area (TPSA) is 38.1 Å². The van der Waals surface area contributed by atoms with E-state index in [0.717, 1.165) is 46.4 Å². The van der Waals surface area contributed by atoms with Crippen LogP contribution in [0.3, 0.4) is 0 Å². The minimum Gasteiger partial charge on any atom is -0.310 e. The quantitative estimate of drug-likeness (QED) is 0.787. The molecule has 0 radical (unpaired) electrons. The van der Waals surface area contributed by atoms with Crippen LogP contribution in [0.25, 0.3) is 0 Å². The fourth-order valence-corrected chi connectivity index (χ4v) is 4.35. The van der Waals surface area contributed by atoms with Crippen LogP contribution in [0.15, 0.2) is 23.1 Å². The first-order chi connectivity index (χ1) is 11.9. The van der Waals surface area contributed by atoms with Crippen LogP contribution in [0.5, 0.6) is 0 Å². The van der Waals surface area contributed by atoms with Crippen molar-refractivity contribution in [1.82, 2.24) is 9.78 Å². The van der Waals surface area contributed by atoms with Crippen molar-refractivity contribution in [1.29, 1.82) is 0 Å². The molecule has 0 fully saturated rings. The Morgan fingerprint density at radius 2 is 2.12 bits per heavy atom. The second-order valence-corrected chi connectivity index (χ2v) is 8.48. The molecule has 25 heavy (non-hydrogen) atoms. The predicted octanol–water partition coefficient (Wildman–Crippen LogP) is 4.49. The number of amides is 1. The Hall–Kier alpha value is -1.46. The van der Waals surface area contributed by atoms with E-state index >= 15 is 0 Å². The molecule has 0 aliphatic carbocycles. The SMILES string of the molecule is Cc1nn(CC(C)C)c(C)c1CC(=O)N1CCSc2ccc(Cl)cc21. The lowest BCUT2D eigenvalue weighted by Crippen LogP contribution is -2.36. The van der Waals surface area contributed by atoms with Gasteiger partial charge in [0.05, 0.1) is 17.8 Å². The largest absolute Gasteiger partial charge is 0.310 e. The molecule has 4 nitrogen and oxygen atoms in total. The summed E-state index contributed by atoms with van der Waals surface area (Å²) in [4.78, 5) is 16.0. The van der Waals surface area contributed by atoms with Crippen molar-refractivity contribution in [2.24, 2.45) is 5.92 Å². The summed E-state index contributed by atoms with van der Waals surface area (Å²) in [5.74, 6) is 1.54. The average Bonchev–Trinajstić information content (AvgIpc) is 2.81. The third-order valence-corrected chi connectivity index (χ3v) is 5.76. The highest BCUT2D eigenvalue weighted by molar-refractivity contribution is 7.99. The van der Waals surface area contributed by atoms with E-state index in [9.17, 15) is 4.79 Å². The van der Waals surface area contributed by atoms with Crippen LogP contribution in [0.2, 0.25) is 5.02 Å². The minimum absolute atomic E-state index is 0.110. The number of halogens is 1. The summed E-state index contributed by atoms with van der Waals surface area (Å²) in [5, 5.41) is 5.29. The summed E-state index contributed by atoms with van der Waals surface area (Å²) in [7, 11) is 0. The lowest BCUT2D eigenvalue weighted by atomic mass is 10.1. The van der Waals surface area contributed by atoms with Gasteiger partial charge in [-0.05, 0) is 38.0 Å². The van der Waals surface area contributed by atoms with Crippen molar-refractivity contribution >= 4 is 35.0 Å². The maximum atomic E-state index is 13.0. The Balaban J connectivity index is 1.85. The van der Waals surface area contributed by atoms with Crippen LogP contribution in [0.4, 0.5) is 5.69 Å². The number of hydrogen-bond acceptors (Lipinski definition) is 3. The highest BCUT2D eigenvalue weighted by Crippen LogP contribution is 2.37. The van der Waals surface area contributed by atoms with Crippen LogP contribution in [-0.2, 0) is 17.8 Å². The van der Waals surface area contributed by atoms with Crippen molar-refractivity contribution in [2.75, 3.05) is 17.2 Å². The summed E-state index contributed by atoms with van der Waals surface area (Å²) in [6, 6.07) is 5.77. The smallest absolute Gasteiger partial charge is 0.231 e. The molecule has 0 spiro atoms. The summed E-state index contributed by atoms with van der Waals surface area (Å²) in [6.45, 7) is 9.99. The molecule has 0 N–H and O–H groups in total. The van der Waals surface area contributed by atoms with Gasteiger partial charge in [0.25, 0.3) is 0 Å². The second kappa shape index (κ2) is 7.42. The maximum Gasteiger partial charge on any atom is 0.231 e. The van der Waals surface area contributed by atoms with E-state index in [-0.39, 0.29) is 5.91 Å². The molecule has 2 aromatic rings. The summed E-state index contributed by atoms with van der Waals surface area (Å²) >= 11 is 7.92. The van der Waals surface area contributed by atoms with E-state index in [1.165, 1.54) is 0 Å². The Kier molecular flexibility index (Phi) is 5.44. The van der Waals surface area contributed by atoms with Crippen molar-refractivity contribution in [3.63, 3.8) is 0 Å². The highest BCUT2D eigenvalue weighted by Gasteiger charge is 2.25. The first kappa shape index (κ1) is 18.3. The highest BCUT2D eigenvalue weighted by atomic mass is 35.5. The van der Waals surface area contributed by atoms with Crippen molar-refractivity contribution in [3.05, 3.63) is 40.2 Å². The molecule has 3 rings (SSSR count). The Morgan fingerprint density at radius 1 is 1.36 bits per heavy atom. The number of carbonyl (C=O) groups excluding carboxylic acids is 1. The molecule has 1 aromatic carbocycles. The number of rotatable bonds is 4. The number of carbonyl (C=O) groups is 1. The zero-order chi connectivity index (χ0) is 18.1. The van der Waals surface area contributed by atoms with Crippen LogP contribution in [0, 0.1) is 19.8 Å². The average molecular weight is 378 g/mol. The van der Waals surface area contributed by atoms with Gasteiger partial charge in [-0.2, -0.15) is 5.10 Å². The third-order valence-electron chi connectivity index (χ3n) is 4.48. The monoisotopic (exact) mass is 377 g/mol. The molecule has 1 aliphatic heterocycles. The standard InChI is InChI=1S/C19H24ClN3OS/c1-12(2)11-23-14(4)16(13(3)21-23)10-19(24)22-7-8-25-18-6-5-15(20)9-17(18)22/h5-6,9,12H,7-8,10-11H2,1-4H3. The number of benzene rings is 1. The molecule has 134 valence electrons. The van der Waals surface area contributed by atoms with Crippen molar-refractivity contribution in [3.8, 4) is 0 Å². The molecule has 2 heterocycles. The molecular formula is C19H24ClN3OS. The molecule has 0 saturated heterocycles. The lowest BCUT2D eigenvalue weighted by molar-refractivity contribution is -0.118. The van der Waals surface area contributed by atoms with Gasteiger partial charge in [-0.15, -0.1) is 11.8 Å². The predicted molar refractivity (Wildman–Crippen MR) is 105 cm³/mol. The fourth-order valence-electron chi connectivity index (χ4n) is 3.21. The summed E-state index contributed by atoms with van der Waals surface area (Å²) in [6.07, 6.45) is 0.381. The first-order valence-corrected chi connectivity index (χ1v) is 9.98. The molecule has 0 atom stereocenters. The normalized spacial score (nSPS) is 14.1. The number of nitrogens with zero attached hydrogens (tertiary/aromatic N) is 3. The molecule has 1 aliphatic rings. The fraction of sp³-hybridized carbons (Fsp3) is 0.474. The van der Waals surface area contributed by atoms with Crippen molar-refractivity contribution in [2.45, 2.75) is 45.6 Å². The van der Waals surface area contributed by atoms with E-state index < -0.39 is 0 Å². The maximum absolute atomic E-state index is 13.0. The molecule has 6 heteroatoms. The molecule has 0 bridgehead atoms. The van der Waals surface area contributed by atoms with Crippen LogP contribution >= 0.6 is 23.4 Å². The van der Waals surface area contributed by atoms with Gasteiger partial charge < -0.3 is 4.90 Å². The van der Waals surface area contributed by atoms with E-state index in [4.69, 9.17) is 11.6 Å². The first-order valence-electron chi connectivity index (χ1n) is 8.62. The van der Waals surface area contributed by atoms with Crippen LogP contribution in [-0.4, -0.2) is 28.0 Å². The second-order valence-electron chi connectivity index (χ2n) is 6.91. The van der Waals surface area contributed by atoms with Gasteiger partial charge in [0.15, 0.2) is 0 Å². The number of anilines is 1. The molecule has 0 unspecified atom stereocenters. The Morgan fingerprint density at radius 3 is 2.84 bits per heavy atom. The number of thioether (sulfide) groups is 1. The number of hydrogen-bond donors (Lipinski definition) is 0. The molecule has 0 saturated carbocycles. The Bertz CT molecular complexity index is 800. The van der Waals surface area contributed by atoms with E-state index in [0.29, 0.717) is 17.4 Å². The van der Waals surface area contributed by atoms with Crippen molar-refractivity contribution < 1.29 is 4.79 Å². The summed E-state index contributed by atoms with van der Waals surface area (Å²) in [5.41, 5.74) is 4.02. The van der Waals surface area contributed by atoms with Gasteiger partial charge in [0, 0.05) is 40.0 Å². The Labute approximate surface area is 158 Å². The number of aryl methyl sites for hydroxylation is 1. The van der Waals surface area contributed by atoms with E-state index in [1.807, 2.05) is 34.7 Å². The van der Waals surface area contributed by atoms with Gasteiger partial charge in [-0.1, -0.05) is 25.4 Å². The van der Waals surface area contributed by atoms with Gasteiger partial charge in [0.2, 0.25) is 5.91 Å². The molecular weight excluding hydrogens is 354 g/mol. The van der Waals surface area contributed by atoms with Gasteiger partial charge >= 0.3 is 0 Å². The zero-order valence-electron chi connectivity index (χ0n) is 15.2. The van der Waals surface area contributed by atoms with Crippen LogP contribution < -0.4 is 4.90 Å². The minimum atomic E-state index is 0.110. The molecule has 1 amide bonds. The lowest BCUT2D eigenvalue weighted by Gasteiger charge is -2.29. The molecule has 1 aromatic heterocycles. The van der Waals surface area contributed by atoms with Gasteiger partial charge in [0.1, 0.15) is 0 Å². The number of aromatic nitrogens is 2. The zero-order valence-corrected chi connectivity index (χ0v) is 16.7. The van der Waals surface area contributed by atoms with Crippen LogP contribution in [0.1, 0.15) is 30.8 Å². The summed E-state index contributed by atoms with van der Waals surface area (Å²) < 4.78 is 2.03. The van der Waals surface area contributed by atoms with Gasteiger partial charge in [-0.25, -0.2) is 0 Å².